The van der Waals surface area contributed by atoms with Gasteiger partial charge in [-0.3, -0.25) is 9.48 Å². The standard InChI is InChI=1S/C16H26N4O.2ClH/c1-3-20(11-12-9-17-19(2)10-12)16(21)15-8-13-6-4-5-7-14(13)18-15;;/h9-10,13-15,18H,3-8,11H2,1-2H3;2*1H. The maximum Gasteiger partial charge on any atom is 0.240 e. The van der Waals surface area contributed by atoms with Crippen molar-refractivity contribution in [3.8, 4) is 0 Å². The molecule has 0 aromatic carbocycles. The van der Waals surface area contributed by atoms with Crippen LogP contribution in [0.5, 0.6) is 0 Å². The summed E-state index contributed by atoms with van der Waals surface area (Å²) in [6.07, 6.45) is 10.0. The third-order valence-corrected chi connectivity index (χ3v) is 4.99. The number of halogens is 2. The minimum Gasteiger partial charge on any atom is -0.337 e. The first-order valence-corrected chi connectivity index (χ1v) is 8.19. The van der Waals surface area contributed by atoms with Gasteiger partial charge in [0, 0.05) is 37.9 Å². The lowest BCUT2D eigenvalue weighted by atomic mass is 9.85. The van der Waals surface area contributed by atoms with E-state index in [2.05, 4.69) is 17.3 Å². The molecule has 1 aliphatic heterocycles. The third-order valence-electron chi connectivity index (χ3n) is 4.99. The van der Waals surface area contributed by atoms with Gasteiger partial charge in [0.15, 0.2) is 0 Å². The smallest absolute Gasteiger partial charge is 0.240 e. The van der Waals surface area contributed by atoms with Crippen LogP contribution >= 0.6 is 24.8 Å². The zero-order valence-corrected chi connectivity index (χ0v) is 15.5. The molecule has 23 heavy (non-hydrogen) atoms. The number of hydrogen-bond acceptors (Lipinski definition) is 3. The molecule has 3 unspecified atom stereocenters. The molecule has 1 N–H and O–H groups in total. The molecule has 1 aromatic rings. The topological polar surface area (TPSA) is 50.2 Å². The van der Waals surface area contributed by atoms with E-state index in [-0.39, 0.29) is 36.8 Å². The first kappa shape index (κ1) is 20.3. The minimum atomic E-state index is 0. The van der Waals surface area contributed by atoms with Crippen LogP contribution in [0.1, 0.15) is 44.6 Å². The van der Waals surface area contributed by atoms with Crippen molar-refractivity contribution in [3.63, 3.8) is 0 Å². The second-order valence-corrected chi connectivity index (χ2v) is 6.48. The molecule has 132 valence electrons. The van der Waals surface area contributed by atoms with Crippen molar-refractivity contribution in [2.45, 2.75) is 57.7 Å². The number of likely N-dealkylation sites (N-methyl/N-ethyl adjacent to an activating group) is 1. The second-order valence-electron chi connectivity index (χ2n) is 6.48. The fourth-order valence-corrected chi connectivity index (χ4v) is 3.85. The maximum atomic E-state index is 12.8. The first-order chi connectivity index (χ1) is 10.2. The van der Waals surface area contributed by atoms with E-state index in [1.807, 2.05) is 24.3 Å². The lowest BCUT2D eigenvalue weighted by Crippen LogP contribution is -2.45. The van der Waals surface area contributed by atoms with Crippen LogP contribution in [0.4, 0.5) is 0 Å². The quantitative estimate of drug-likeness (QED) is 0.895. The number of amides is 1. The molecule has 3 rings (SSSR count). The molecule has 2 heterocycles. The number of carbonyl (C=O) groups excluding carboxylic acids is 1. The van der Waals surface area contributed by atoms with E-state index in [1.54, 1.807) is 4.68 Å². The average molecular weight is 363 g/mol. The number of aryl methyl sites for hydroxylation is 1. The van der Waals surface area contributed by atoms with Crippen molar-refractivity contribution < 1.29 is 4.79 Å². The predicted octanol–water partition coefficient (Wildman–Crippen LogP) is 2.53. The highest BCUT2D eigenvalue weighted by Gasteiger charge is 2.39. The van der Waals surface area contributed by atoms with Gasteiger partial charge in [0.2, 0.25) is 5.91 Å². The fourth-order valence-electron chi connectivity index (χ4n) is 3.85. The van der Waals surface area contributed by atoms with E-state index in [9.17, 15) is 4.79 Å². The summed E-state index contributed by atoms with van der Waals surface area (Å²) < 4.78 is 1.79. The van der Waals surface area contributed by atoms with Gasteiger partial charge in [0.05, 0.1) is 12.2 Å². The molecular formula is C16H28Cl2N4O. The highest BCUT2D eigenvalue weighted by molar-refractivity contribution is 5.85. The molecule has 2 fully saturated rings. The van der Waals surface area contributed by atoms with Gasteiger partial charge >= 0.3 is 0 Å². The molecule has 0 bridgehead atoms. The zero-order valence-electron chi connectivity index (χ0n) is 13.9. The van der Waals surface area contributed by atoms with Crippen LogP contribution < -0.4 is 5.32 Å². The molecule has 5 nitrogen and oxygen atoms in total. The number of aromatic nitrogens is 2. The summed E-state index contributed by atoms with van der Waals surface area (Å²) in [5.74, 6) is 0.973. The second kappa shape index (κ2) is 8.90. The zero-order chi connectivity index (χ0) is 14.8. The molecule has 1 aliphatic carbocycles. The number of nitrogens with zero attached hydrogens (tertiary/aromatic N) is 3. The predicted molar refractivity (Wildman–Crippen MR) is 96.1 cm³/mol. The molecule has 1 saturated carbocycles. The van der Waals surface area contributed by atoms with E-state index < -0.39 is 0 Å². The van der Waals surface area contributed by atoms with Gasteiger partial charge < -0.3 is 10.2 Å². The summed E-state index contributed by atoms with van der Waals surface area (Å²) in [5.41, 5.74) is 1.10. The Labute approximate surface area is 151 Å². The Balaban J connectivity index is 0.00000132. The van der Waals surface area contributed by atoms with E-state index >= 15 is 0 Å². The molecule has 1 saturated heterocycles. The van der Waals surface area contributed by atoms with Crippen LogP contribution in [0.15, 0.2) is 12.4 Å². The van der Waals surface area contributed by atoms with Crippen LogP contribution in [0, 0.1) is 5.92 Å². The van der Waals surface area contributed by atoms with Gasteiger partial charge in [-0.1, -0.05) is 12.8 Å². The molecule has 1 aromatic heterocycles. The van der Waals surface area contributed by atoms with Crippen molar-refractivity contribution in [2.24, 2.45) is 13.0 Å². The molecule has 1 amide bonds. The fraction of sp³-hybridized carbons (Fsp3) is 0.750. The highest BCUT2D eigenvalue weighted by atomic mass is 35.5. The number of hydrogen-bond donors (Lipinski definition) is 1. The van der Waals surface area contributed by atoms with Crippen LogP contribution in [0.2, 0.25) is 0 Å². The maximum absolute atomic E-state index is 12.8. The number of carbonyl (C=O) groups is 1. The molecule has 0 radical (unpaired) electrons. The van der Waals surface area contributed by atoms with E-state index in [0.717, 1.165) is 18.5 Å². The van der Waals surface area contributed by atoms with Crippen LogP contribution in [-0.4, -0.2) is 39.2 Å². The van der Waals surface area contributed by atoms with E-state index in [4.69, 9.17) is 0 Å². The van der Waals surface area contributed by atoms with E-state index in [0.29, 0.717) is 18.5 Å². The van der Waals surface area contributed by atoms with Gasteiger partial charge in [-0.05, 0) is 32.1 Å². The summed E-state index contributed by atoms with van der Waals surface area (Å²) in [4.78, 5) is 14.7. The summed E-state index contributed by atoms with van der Waals surface area (Å²) in [7, 11) is 1.91. The highest BCUT2D eigenvalue weighted by Crippen LogP contribution is 2.33. The van der Waals surface area contributed by atoms with Crippen LogP contribution in [-0.2, 0) is 18.4 Å². The SMILES string of the molecule is CCN(Cc1cnn(C)c1)C(=O)C1CC2CCCCC2N1.Cl.Cl. The van der Waals surface area contributed by atoms with Crippen molar-refractivity contribution in [1.82, 2.24) is 20.0 Å². The third kappa shape index (κ3) is 4.61. The Bertz CT molecular complexity index is 494. The van der Waals surface area contributed by atoms with Gasteiger partial charge in [-0.15, -0.1) is 24.8 Å². The van der Waals surface area contributed by atoms with Crippen LogP contribution in [0.3, 0.4) is 0 Å². The van der Waals surface area contributed by atoms with Gasteiger partial charge in [-0.2, -0.15) is 5.10 Å². The van der Waals surface area contributed by atoms with Crippen LogP contribution in [0.25, 0.3) is 0 Å². The van der Waals surface area contributed by atoms with Crippen molar-refractivity contribution in [3.05, 3.63) is 18.0 Å². The summed E-state index contributed by atoms with van der Waals surface area (Å²) in [6.45, 7) is 3.47. The minimum absolute atomic E-state index is 0. The lowest BCUT2D eigenvalue weighted by Gasteiger charge is -2.25. The molecule has 2 aliphatic rings. The largest absolute Gasteiger partial charge is 0.337 e. The summed E-state index contributed by atoms with van der Waals surface area (Å²) in [6, 6.07) is 0.597. The summed E-state index contributed by atoms with van der Waals surface area (Å²) in [5, 5.41) is 7.77. The normalized spacial score (nSPS) is 25.9. The lowest BCUT2D eigenvalue weighted by molar-refractivity contribution is -0.133. The van der Waals surface area contributed by atoms with Crippen molar-refractivity contribution in [1.29, 1.82) is 0 Å². The molecule has 3 atom stereocenters. The van der Waals surface area contributed by atoms with Gasteiger partial charge in [0.25, 0.3) is 0 Å². The number of rotatable bonds is 4. The Hall–Kier alpha value is -0.780. The Morgan fingerprint density at radius 2 is 2.13 bits per heavy atom. The van der Waals surface area contributed by atoms with E-state index in [1.165, 1.54) is 25.7 Å². The van der Waals surface area contributed by atoms with Gasteiger partial charge in [0.1, 0.15) is 0 Å². The Morgan fingerprint density at radius 1 is 1.39 bits per heavy atom. The number of fused-ring (bicyclic) bond motifs is 1. The Morgan fingerprint density at radius 3 is 2.74 bits per heavy atom. The summed E-state index contributed by atoms with van der Waals surface area (Å²) >= 11 is 0. The monoisotopic (exact) mass is 362 g/mol. The number of nitrogens with one attached hydrogen (secondary N) is 1. The first-order valence-electron chi connectivity index (χ1n) is 8.19. The average Bonchev–Trinajstić information content (AvgIpc) is 3.09. The molecular weight excluding hydrogens is 335 g/mol. The van der Waals surface area contributed by atoms with Crippen molar-refractivity contribution in [2.75, 3.05) is 6.54 Å². The molecule has 7 heteroatoms. The Kier molecular flexibility index (Phi) is 7.84. The molecule has 0 spiro atoms. The van der Waals surface area contributed by atoms with Gasteiger partial charge in [-0.25, -0.2) is 0 Å². The van der Waals surface area contributed by atoms with Crippen molar-refractivity contribution >= 4 is 30.7 Å².